The SMILES string of the molecule is CN1CCCCC1CC(O)(c1ccccc1)c1ccccc1. The van der Waals surface area contributed by atoms with E-state index in [1.165, 1.54) is 19.3 Å². The molecule has 1 aliphatic heterocycles. The van der Waals surface area contributed by atoms with Gasteiger partial charge in [-0.15, -0.1) is 0 Å². The van der Waals surface area contributed by atoms with Crippen LogP contribution in [-0.4, -0.2) is 29.6 Å². The van der Waals surface area contributed by atoms with Gasteiger partial charge in [0.25, 0.3) is 0 Å². The topological polar surface area (TPSA) is 23.5 Å². The van der Waals surface area contributed by atoms with Gasteiger partial charge in [-0.25, -0.2) is 0 Å². The Bertz CT molecular complexity index is 542. The van der Waals surface area contributed by atoms with Crippen LogP contribution in [0.1, 0.15) is 36.8 Å². The van der Waals surface area contributed by atoms with Gasteiger partial charge >= 0.3 is 0 Å². The molecule has 0 aromatic heterocycles. The highest BCUT2D eigenvalue weighted by atomic mass is 16.3. The zero-order valence-electron chi connectivity index (χ0n) is 13.3. The summed E-state index contributed by atoms with van der Waals surface area (Å²) in [5.74, 6) is 0. The lowest BCUT2D eigenvalue weighted by molar-refractivity contribution is 0.0285. The van der Waals surface area contributed by atoms with Crippen LogP contribution < -0.4 is 0 Å². The van der Waals surface area contributed by atoms with E-state index in [4.69, 9.17) is 0 Å². The minimum absolute atomic E-state index is 0.430. The third-order valence-corrected chi connectivity index (χ3v) is 4.96. The van der Waals surface area contributed by atoms with Crippen LogP contribution >= 0.6 is 0 Å². The third kappa shape index (κ3) is 3.08. The summed E-state index contributed by atoms with van der Waals surface area (Å²) >= 11 is 0. The second-order valence-corrected chi connectivity index (χ2v) is 6.43. The van der Waals surface area contributed by atoms with Crippen LogP contribution in [0.25, 0.3) is 0 Å². The summed E-state index contributed by atoms with van der Waals surface area (Å²) in [7, 11) is 2.18. The Labute approximate surface area is 133 Å². The first-order valence-corrected chi connectivity index (χ1v) is 8.24. The quantitative estimate of drug-likeness (QED) is 0.927. The summed E-state index contributed by atoms with van der Waals surface area (Å²) in [5.41, 5.74) is 1.05. The van der Waals surface area contributed by atoms with Gasteiger partial charge in [0, 0.05) is 12.5 Å². The lowest BCUT2D eigenvalue weighted by Crippen LogP contribution is -2.42. The van der Waals surface area contributed by atoms with Crippen LogP contribution in [0, 0.1) is 0 Å². The second-order valence-electron chi connectivity index (χ2n) is 6.43. The normalized spacial score (nSPS) is 20.0. The van der Waals surface area contributed by atoms with Gasteiger partial charge in [0.05, 0.1) is 0 Å². The first-order chi connectivity index (χ1) is 10.7. The van der Waals surface area contributed by atoms with Crippen molar-refractivity contribution in [1.29, 1.82) is 0 Å². The first kappa shape index (κ1) is 15.3. The molecule has 1 saturated heterocycles. The van der Waals surface area contributed by atoms with E-state index in [0.29, 0.717) is 6.04 Å². The Morgan fingerprint density at radius 2 is 1.50 bits per heavy atom. The van der Waals surface area contributed by atoms with Crippen LogP contribution in [0.2, 0.25) is 0 Å². The van der Waals surface area contributed by atoms with Gasteiger partial charge in [0.15, 0.2) is 0 Å². The highest BCUT2D eigenvalue weighted by molar-refractivity contribution is 5.36. The van der Waals surface area contributed by atoms with Crippen molar-refractivity contribution < 1.29 is 5.11 Å². The maximum absolute atomic E-state index is 11.6. The summed E-state index contributed by atoms with van der Waals surface area (Å²) in [4.78, 5) is 2.40. The van der Waals surface area contributed by atoms with E-state index in [0.717, 1.165) is 24.1 Å². The number of likely N-dealkylation sites (tertiary alicyclic amines) is 1. The monoisotopic (exact) mass is 295 g/mol. The van der Waals surface area contributed by atoms with Gasteiger partial charge in [-0.2, -0.15) is 0 Å². The first-order valence-electron chi connectivity index (χ1n) is 8.24. The number of aliphatic hydroxyl groups is 1. The van der Waals surface area contributed by atoms with Gasteiger partial charge in [-0.3, -0.25) is 0 Å². The van der Waals surface area contributed by atoms with Gasteiger partial charge < -0.3 is 10.0 Å². The minimum atomic E-state index is -0.918. The fraction of sp³-hybridized carbons (Fsp3) is 0.400. The highest BCUT2D eigenvalue weighted by Gasteiger charge is 2.36. The van der Waals surface area contributed by atoms with Crippen molar-refractivity contribution in [1.82, 2.24) is 4.90 Å². The Kier molecular flexibility index (Phi) is 4.60. The summed E-state index contributed by atoms with van der Waals surface area (Å²) in [5, 5.41) is 11.6. The third-order valence-electron chi connectivity index (χ3n) is 4.96. The second kappa shape index (κ2) is 6.64. The van der Waals surface area contributed by atoms with Gasteiger partial charge in [-0.05, 0) is 37.6 Å². The lowest BCUT2D eigenvalue weighted by Gasteiger charge is -2.39. The Morgan fingerprint density at radius 3 is 2.00 bits per heavy atom. The van der Waals surface area contributed by atoms with Gasteiger partial charge in [0.1, 0.15) is 5.60 Å². The molecule has 0 amide bonds. The van der Waals surface area contributed by atoms with Crippen LogP contribution in [0.3, 0.4) is 0 Å². The number of nitrogens with zero attached hydrogens (tertiary/aromatic N) is 1. The van der Waals surface area contributed by atoms with Crippen molar-refractivity contribution in [2.75, 3.05) is 13.6 Å². The molecular weight excluding hydrogens is 270 g/mol. The van der Waals surface area contributed by atoms with Crippen molar-refractivity contribution in [2.24, 2.45) is 0 Å². The Balaban J connectivity index is 1.96. The van der Waals surface area contributed by atoms with Crippen LogP contribution in [-0.2, 0) is 5.60 Å². The van der Waals surface area contributed by atoms with Gasteiger partial charge in [0.2, 0.25) is 0 Å². The molecule has 2 nitrogen and oxygen atoms in total. The molecule has 0 saturated carbocycles. The smallest absolute Gasteiger partial charge is 0.116 e. The number of rotatable bonds is 4. The molecule has 0 bridgehead atoms. The highest BCUT2D eigenvalue weighted by Crippen LogP contribution is 2.36. The average Bonchev–Trinajstić information content (AvgIpc) is 2.58. The molecule has 116 valence electrons. The molecule has 1 atom stereocenters. The predicted octanol–water partition coefficient (Wildman–Crippen LogP) is 3.80. The standard InChI is InChI=1S/C20H25NO/c1-21-15-9-8-14-19(21)16-20(22,17-10-4-2-5-11-17)18-12-6-3-7-13-18/h2-7,10-13,19,22H,8-9,14-16H2,1H3. The molecule has 0 spiro atoms. The predicted molar refractivity (Wildman–Crippen MR) is 90.8 cm³/mol. The Hall–Kier alpha value is -1.64. The molecule has 1 aliphatic rings. The minimum Gasteiger partial charge on any atom is -0.380 e. The largest absolute Gasteiger partial charge is 0.380 e. The van der Waals surface area contributed by atoms with Crippen molar-refractivity contribution in [3.8, 4) is 0 Å². The maximum atomic E-state index is 11.6. The molecule has 2 heteroatoms. The van der Waals surface area contributed by atoms with E-state index in [-0.39, 0.29) is 0 Å². The lowest BCUT2D eigenvalue weighted by atomic mass is 9.79. The van der Waals surface area contributed by atoms with Crippen molar-refractivity contribution in [2.45, 2.75) is 37.3 Å². The molecule has 3 rings (SSSR count). The molecule has 1 N–H and O–H groups in total. The molecular formula is C20H25NO. The average molecular weight is 295 g/mol. The molecule has 0 aliphatic carbocycles. The molecule has 2 aromatic carbocycles. The van der Waals surface area contributed by atoms with Crippen molar-refractivity contribution >= 4 is 0 Å². The summed E-state index contributed by atoms with van der Waals surface area (Å²) in [6.45, 7) is 1.13. The number of piperidine rings is 1. The van der Waals surface area contributed by atoms with Crippen molar-refractivity contribution in [3.63, 3.8) is 0 Å². The molecule has 1 unspecified atom stereocenters. The Morgan fingerprint density at radius 1 is 0.955 bits per heavy atom. The van der Waals surface area contributed by atoms with Crippen LogP contribution in [0.5, 0.6) is 0 Å². The maximum Gasteiger partial charge on any atom is 0.116 e. The molecule has 1 heterocycles. The van der Waals surface area contributed by atoms with Crippen LogP contribution in [0.4, 0.5) is 0 Å². The zero-order valence-corrected chi connectivity index (χ0v) is 13.3. The zero-order chi connectivity index (χ0) is 15.4. The molecule has 0 radical (unpaired) electrons. The van der Waals surface area contributed by atoms with E-state index in [9.17, 15) is 5.11 Å². The molecule has 1 fully saturated rings. The number of hydrogen-bond acceptors (Lipinski definition) is 2. The van der Waals surface area contributed by atoms with Crippen LogP contribution in [0.15, 0.2) is 60.7 Å². The summed E-state index contributed by atoms with van der Waals surface area (Å²) in [6, 6.07) is 20.6. The molecule has 2 aromatic rings. The molecule has 22 heavy (non-hydrogen) atoms. The van der Waals surface area contributed by atoms with E-state index in [1.807, 2.05) is 60.7 Å². The fourth-order valence-electron chi connectivity index (χ4n) is 3.57. The van der Waals surface area contributed by atoms with Crippen molar-refractivity contribution in [3.05, 3.63) is 71.8 Å². The summed E-state index contributed by atoms with van der Waals surface area (Å²) < 4.78 is 0. The number of hydrogen-bond donors (Lipinski definition) is 1. The van der Waals surface area contributed by atoms with E-state index >= 15 is 0 Å². The van der Waals surface area contributed by atoms with E-state index < -0.39 is 5.60 Å². The van der Waals surface area contributed by atoms with Gasteiger partial charge in [-0.1, -0.05) is 67.1 Å². The van der Waals surface area contributed by atoms with E-state index in [1.54, 1.807) is 0 Å². The number of benzene rings is 2. The summed E-state index contributed by atoms with van der Waals surface area (Å²) in [6.07, 6.45) is 4.44. The van der Waals surface area contributed by atoms with E-state index in [2.05, 4.69) is 11.9 Å². The fourth-order valence-corrected chi connectivity index (χ4v) is 3.57.